The number of rotatable bonds is 3. The van der Waals surface area contributed by atoms with Gasteiger partial charge in [0, 0.05) is 30.4 Å². The maximum Gasteiger partial charge on any atom is 0.132 e. The van der Waals surface area contributed by atoms with Crippen molar-refractivity contribution in [1.82, 2.24) is 19.6 Å². The second-order valence-corrected chi connectivity index (χ2v) is 4.85. The first-order valence-corrected chi connectivity index (χ1v) is 6.24. The van der Waals surface area contributed by atoms with Crippen molar-refractivity contribution in [3.8, 4) is 0 Å². The van der Waals surface area contributed by atoms with Crippen LogP contribution in [0.2, 0.25) is 5.15 Å². The van der Waals surface area contributed by atoms with E-state index in [4.69, 9.17) is 17.3 Å². The van der Waals surface area contributed by atoms with Crippen LogP contribution in [0.15, 0.2) is 0 Å². The van der Waals surface area contributed by atoms with Crippen LogP contribution in [-0.4, -0.2) is 19.6 Å². The Morgan fingerprint density at radius 2 is 1.72 bits per heavy atom. The molecule has 2 aromatic heterocycles. The second kappa shape index (κ2) is 4.74. The van der Waals surface area contributed by atoms with Crippen molar-refractivity contribution in [2.45, 2.75) is 33.9 Å². The van der Waals surface area contributed by atoms with Crippen molar-refractivity contribution in [2.24, 2.45) is 12.8 Å². The van der Waals surface area contributed by atoms with Gasteiger partial charge >= 0.3 is 0 Å². The molecule has 0 spiro atoms. The van der Waals surface area contributed by atoms with Gasteiger partial charge in [-0.1, -0.05) is 11.6 Å². The van der Waals surface area contributed by atoms with Crippen LogP contribution in [-0.2, 0) is 20.1 Å². The average molecular weight is 268 g/mol. The fourth-order valence-electron chi connectivity index (χ4n) is 2.19. The van der Waals surface area contributed by atoms with E-state index in [1.807, 2.05) is 32.5 Å². The molecule has 18 heavy (non-hydrogen) atoms. The highest BCUT2D eigenvalue weighted by Crippen LogP contribution is 2.21. The van der Waals surface area contributed by atoms with Crippen LogP contribution >= 0.6 is 11.6 Å². The van der Waals surface area contributed by atoms with Gasteiger partial charge in [-0.15, -0.1) is 0 Å². The van der Waals surface area contributed by atoms with Gasteiger partial charge in [0.15, 0.2) is 0 Å². The van der Waals surface area contributed by atoms with Crippen molar-refractivity contribution in [3.05, 3.63) is 33.4 Å². The summed E-state index contributed by atoms with van der Waals surface area (Å²) in [5.41, 5.74) is 10.8. The first kappa shape index (κ1) is 13.1. The number of nitrogens with zero attached hydrogens (tertiary/aromatic N) is 4. The van der Waals surface area contributed by atoms with E-state index in [-0.39, 0.29) is 0 Å². The normalized spacial score (nSPS) is 11.2. The summed E-state index contributed by atoms with van der Waals surface area (Å²) in [4.78, 5) is 0. The third-order valence-electron chi connectivity index (χ3n) is 3.31. The fourth-order valence-corrected chi connectivity index (χ4v) is 2.42. The highest BCUT2D eigenvalue weighted by atomic mass is 35.5. The molecule has 0 aromatic carbocycles. The Morgan fingerprint density at radius 1 is 1.11 bits per heavy atom. The van der Waals surface area contributed by atoms with Crippen LogP contribution < -0.4 is 5.73 Å². The number of halogens is 1. The van der Waals surface area contributed by atoms with Crippen molar-refractivity contribution < 1.29 is 0 Å². The molecule has 98 valence electrons. The standard InChI is InChI=1S/C12H18ClN5/c1-7-10(5-14)9(3)18(16-7)6-11-8(2)15-17(4)12(11)13/h5-6,14H2,1-4H3. The summed E-state index contributed by atoms with van der Waals surface area (Å²) in [7, 11) is 1.84. The molecule has 6 heteroatoms. The highest BCUT2D eigenvalue weighted by Gasteiger charge is 2.15. The molecule has 5 nitrogen and oxygen atoms in total. The van der Waals surface area contributed by atoms with Gasteiger partial charge in [-0.05, 0) is 20.8 Å². The quantitative estimate of drug-likeness (QED) is 0.921. The van der Waals surface area contributed by atoms with Crippen molar-refractivity contribution in [2.75, 3.05) is 0 Å². The molecule has 0 aliphatic heterocycles. The highest BCUT2D eigenvalue weighted by molar-refractivity contribution is 6.30. The predicted molar refractivity (Wildman–Crippen MR) is 71.6 cm³/mol. The summed E-state index contributed by atoms with van der Waals surface area (Å²) >= 11 is 6.23. The van der Waals surface area contributed by atoms with E-state index in [1.165, 1.54) is 0 Å². The van der Waals surface area contributed by atoms with Gasteiger partial charge < -0.3 is 5.73 Å². The zero-order chi connectivity index (χ0) is 13.4. The lowest BCUT2D eigenvalue weighted by molar-refractivity contribution is 0.655. The molecule has 0 bridgehead atoms. The van der Waals surface area contributed by atoms with Crippen LogP contribution in [0.5, 0.6) is 0 Å². The summed E-state index contributed by atoms with van der Waals surface area (Å²) in [6.07, 6.45) is 0. The molecule has 2 aromatic rings. The van der Waals surface area contributed by atoms with Crippen LogP contribution in [0.3, 0.4) is 0 Å². The van der Waals surface area contributed by atoms with E-state index in [0.717, 1.165) is 28.2 Å². The summed E-state index contributed by atoms with van der Waals surface area (Å²) in [6.45, 7) is 7.10. The molecule has 0 unspecified atom stereocenters. The van der Waals surface area contributed by atoms with Gasteiger partial charge in [0.1, 0.15) is 5.15 Å². The smallest absolute Gasteiger partial charge is 0.132 e. The summed E-state index contributed by atoms with van der Waals surface area (Å²) in [5.74, 6) is 0. The van der Waals surface area contributed by atoms with E-state index in [0.29, 0.717) is 18.2 Å². The Labute approximate surface area is 112 Å². The molecule has 0 aliphatic rings. The van der Waals surface area contributed by atoms with Gasteiger partial charge in [-0.2, -0.15) is 10.2 Å². The van der Waals surface area contributed by atoms with Gasteiger partial charge in [0.2, 0.25) is 0 Å². The van der Waals surface area contributed by atoms with Crippen molar-refractivity contribution in [3.63, 3.8) is 0 Å². The number of nitrogens with two attached hydrogens (primary N) is 1. The summed E-state index contributed by atoms with van der Waals surface area (Å²) < 4.78 is 3.62. The van der Waals surface area contributed by atoms with Gasteiger partial charge in [0.25, 0.3) is 0 Å². The molecule has 0 saturated heterocycles. The monoisotopic (exact) mass is 267 g/mol. The number of hydrogen-bond acceptors (Lipinski definition) is 3. The maximum absolute atomic E-state index is 6.23. The van der Waals surface area contributed by atoms with E-state index >= 15 is 0 Å². The number of hydrogen-bond donors (Lipinski definition) is 1. The predicted octanol–water partition coefficient (Wildman–Crippen LogP) is 1.70. The lowest BCUT2D eigenvalue weighted by Crippen LogP contribution is -2.06. The molecule has 2 rings (SSSR count). The fraction of sp³-hybridized carbons (Fsp3) is 0.500. The third kappa shape index (κ3) is 2.04. The van der Waals surface area contributed by atoms with Crippen molar-refractivity contribution >= 4 is 11.6 Å². The van der Waals surface area contributed by atoms with Crippen LogP contribution in [0, 0.1) is 20.8 Å². The average Bonchev–Trinajstić information content (AvgIpc) is 2.71. The summed E-state index contributed by atoms with van der Waals surface area (Å²) in [5, 5.41) is 9.47. The summed E-state index contributed by atoms with van der Waals surface area (Å²) in [6, 6.07) is 0. The third-order valence-corrected chi connectivity index (χ3v) is 3.79. The number of aromatic nitrogens is 4. The second-order valence-electron chi connectivity index (χ2n) is 4.49. The molecule has 2 heterocycles. The van der Waals surface area contributed by atoms with Crippen LogP contribution in [0.4, 0.5) is 0 Å². The Morgan fingerprint density at radius 3 is 2.17 bits per heavy atom. The minimum absolute atomic E-state index is 0.511. The minimum Gasteiger partial charge on any atom is -0.326 e. The molecule has 2 N–H and O–H groups in total. The largest absolute Gasteiger partial charge is 0.326 e. The van der Waals surface area contributed by atoms with Crippen LogP contribution in [0.25, 0.3) is 0 Å². The Kier molecular flexibility index (Phi) is 3.45. The lowest BCUT2D eigenvalue weighted by atomic mass is 10.2. The zero-order valence-corrected chi connectivity index (χ0v) is 11.9. The topological polar surface area (TPSA) is 61.7 Å². The first-order chi connectivity index (χ1) is 8.45. The first-order valence-electron chi connectivity index (χ1n) is 5.86. The van der Waals surface area contributed by atoms with Gasteiger partial charge in [-0.25, -0.2) is 0 Å². The molecular weight excluding hydrogens is 250 g/mol. The lowest BCUT2D eigenvalue weighted by Gasteiger charge is -2.05. The molecule has 0 saturated carbocycles. The van der Waals surface area contributed by atoms with E-state index in [2.05, 4.69) is 10.2 Å². The maximum atomic E-state index is 6.23. The molecule has 0 atom stereocenters. The molecular formula is C12H18ClN5. The SMILES string of the molecule is Cc1nn(C)c(Cl)c1Cn1nc(C)c(CN)c1C. The van der Waals surface area contributed by atoms with E-state index in [1.54, 1.807) is 4.68 Å². The Hall–Kier alpha value is -1.33. The van der Waals surface area contributed by atoms with Gasteiger partial charge in [0.05, 0.1) is 17.9 Å². The van der Waals surface area contributed by atoms with Gasteiger partial charge in [-0.3, -0.25) is 9.36 Å². The molecule has 0 fully saturated rings. The van der Waals surface area contributed by atoms with E-state index in [9.17, 15) is 0 Å². The number of aryl methyl sites for hydroxylation is 3. The van der Waals surface area contributed by atoms with E-state index < -0.39 is 0 Å². The molecule has 0 amide bonds. The molecule has 0 radical (unpaired) electrons. The van der Waals surface area contributed by atoms with Crippen molar-refractivity contribution in [1.29, 1.82) is 0 Å². The zero-order valence-electron chi connectivity index (χ0n) is 11.2. The Balaban J connectivity index is 2.40. The molecule has 0 aliphatic carbocycles. The minimum atomic E-state index is 0.511. The Bertz CT molecular complexity index is 582. The van der Waals surface area contributed by atoms with Crippen LogP contribution in [0.1, 0.15) is 28.2 Å².